The number of aromatic nitrogens is 2. The number of methoxy groups -OCH3 is 1. The van der Waals surface area contributed by atoms with Gasteiger partial charge in [-0.05, 0) is 48.4 Å². The Hall–Kier alpha value is -3.88. The number of hydrogen-bond donors (Lipinski definition) is 3. The number of carboxylic acids is 1. The summed E-state index contributed by atoms with van der Waals surface area (Å²) in [7, 11) is 1.52. The molecule has 0 saturated heterocycles. The number of benzene rings is 2. The number of aryl methyl sites for hydroxylation is 1. The van der Waals surface area contributed by atoms with E-state index in [9.17, 15) is 24.2 Å². The third-order valence-electron chi connectivity index (χ3n) is 4.51. The van der Waals surface area contributed by atoms with Crippen LogP contribution in [0.15, 0.2) is 48.5 Å². The average Bonchev–Trinajstić information content (AvgIpc) is 3.09. The van der Waals surface area contributed by atoms with Crippen molar-refractivity contribution < 1.29 is 28.9 Å². The van der Waals surface area contributed by atoms with Gasteiger partial charge in [-0.3, -0.25) is 9.59 Å². The highest BCUT2D eigenvalue weighted by atomic mass is 19.1. The highest BCUT2D eigenvalue weighted by molar-refractivity contribution is 5.93. The maximum atomic E-state index is 13.5. The Kier molecular flexibility index (Phi) is 6.01. The molecule has 0 aliphatic carbocycles. The lowest BCUT2D eigenvalue weighted by Gasteiger charge is -2.19. The highest BCUT2D eigenvalue weighted by Gasteiger charge is 2.23. The molecule has 9 heteroatoms. The van der Waals surface area contributed by atoms with Gasteiger partial charge in [0.2, 0.25) is 5.88 Å². The molecule has 0 radical (unpaired) electrons. The number of nitrogens with zero attached hydrogens (tertiary/aromatic N) is 2. The van der Waals surface area contributed by atoms with Crippen LogP contribution in [0.4, 0.5) is 4.39 Å². The van der Waals surface area contributed by atoms with Crippen molar-refractivity contribution in [1.29, 1.82) is 0 Å². The number of amides is 1. The second-order valence-electron chi connectivity index (χ2n) is 6.63. The van der Waals surface area contributed by atoms with Crippen LogP contribution in [0.2, 0.25) is 0 Å². The van der Waals surface area contributed by atoms with Crippen LogP contribution in [-0.2, 0) is 4.79 Å². The fourth-order valence-corrected chi connectivity index (χ4v) is 3.09. The van der Waals surface area contributed by atoms with Crippen molar-refractivity contribution >= 4 is 11.9 Å². The van der Waals surface area contributed by atoms with Crippen LogP contribution in [0, 0.1) is 12.7 Å². The number of aliphatic carboxylic acids is 1. The van der Waals surface area contributed by atoms with E-state index >= 15 is 0 Å². The Morgan fingerprint density at radius 2 is 2.00 bits per heavy atom. The Balaban J connectivity index is 1.88. The number of carbonyl (C=O) groups is 2. The van der Waals surface area contributed by atoms with Crippen LogP contribution in [0.3, 0.4) is 0 Å². The number of carbonyl (C=O) groups excluding carboxylic acids is 1. The predicted octanol–water partition coefficient (Wildman–Crippen LogP) is 2.98. The van der Waals surface area contributed by atoms with E-state index in [0.29, 0.717) is 11.3 Å². The van der Waals surface area contributed by atoms with E-state index in [-0.39, 0.29) is 23.7 Å². The molecule has 0 aliphatic heterocycles. The Labute approximate surface area is 171 Å². The molecule has 1 atom stereocenters. The van der Waals surface area contributed by atoms with E-state index in [0.717, 1.165) is 22.4 Å². The molecular weight excluding hydrogens is 393 g/mol. The van der Waals surface area contributed by atoms with Crippen molar-refractivity contribution in [3.63, 3.8) is 0 Å². The van der Waals surface area contributed by atoms with Gasteiger partial charge in [0, 0.05) is 6.07 Å². The van der Waals surface area contributed by atoms with Gasteiger partial charge in [-0.2, -0.15) is 5.10 Å². The number of ether oxygens (including phenoxy) is 1. The van der Waals surface area contributed by atoms with Crippen LogP contribution in [0.25, 0.3) is 5.69 Å². The molecule has 3 aromatic rings. The van der Waals surface area contributed by atoms with Crippen molar-refractivity contribution in [3.05, 3.63) is 71.2 Å². The lowest BCUT2D eigenvalue weighted by Crippen LogP contribution is -2.31. The van der Waals surface area contributed by atoms with Crippen LogP contribution in [0.5, 0.6) is 11.6 Å². The maximum Gasteiger partial charge on any atom is 0.305 e. The smallest absolute Gasteiger partial charge is 0.305 e. The molecule has 0 spiro atoms. The second kappa shape index (κ2) is 8.64. The fraction of sp³-hybridized carbons (Fsp3) is 0.190. The number of hydrogen-bond acceptors (Lipinski definition) is 5. The van der Waals surface area contributed by atoms with Crippen LogP contribution in [0.1, 0.15) is 34.1 Å². The van der Waals surface area contributed by atoms with Gasteiger partial charge in [-0.15, -0.1) is 0 Å². The minimum Gasteiger partial charge on any atom is -0.497 e. The number of rotatable bonds is 7. The first kappa shape index (κ1) is 20.8. The summed E-state index contributed by atoms with van der Waals surface area (Å²) < 4.78 is 19.6. The van der Waals surface area contributed by atoms with Crippen molar-refractivity contribution in [2.45, 2.75) is 19.4 Å². The summed E-state index contributed by atoms with van der Waals surface area (Å²) in [5.74, 6) is -2.05. The molecule has 0 bridgehead atoms. The monoisotopic (exact) mass is 413 g/mol. The first-order chi connectivity index (χ1) is 14.3. The number of carboxylic acid groups (broad SMARTS) is 1. The number of aromatic hydroxyl groups is 1. The third kappa shape index (κ3) is 4.57. The van der Waals surface area contributed by atoms with Crippen LogP contribution in [-0.4, -0.2) is 39.0 Å². The van der Waals surface area contributed by atoms with E-state index in [2.05, 4.69) is 10.4 Å². The summed E-state index contributed by atoms with van der Waals surface area (Å²) in [5, 5.41) is 26.0. The minimum atomic E-state index is -1.09. The minimum absolute atomic E-state index is 0.140. The Morgan fingerprint density at radius 3 is 2.63 bits per heavy atom. The van der Waals surface area contributed by atoms with Crippen LogP contribution < -0.4 is 10.1 Å². The van der Waals surface area contributed by atoms with E-state index in [1.807, 2.05) is 0 Å². The van der Waals surface area contributed by atoms with Gasteiger partial charge in [0.05, 0.1) is 25.3 Å². The molecule has 1 amide bonds. The Bertz CT molecular complexity index is 1100. The summed E-state index contributed by atoms with van der Waals surface area (Å²) >= 11 is 0. The molecule has 1 heterocycles. The van der Waals surface area contributed by atoms with Crippen molar-refractivity contribution in [3.8, 4) is 17.3 Å². The third-order valence-corrected chi connectivity index (χ3v) is 4.51. The van der Waals surface area contributed by atoms with Gasteiger partial charge < -0.3 is 20.3 Å². The first-order valence-electron chi connectivity index (χ1n) is 9.00. The lowest BCUT2D eigenvalue weighted by atomic mass is 9.98. The molecule has 1 aromatic heterocycles. The second-order valence-corrected chi connectivity index (χ2v) is 6.63. The Morgan fingerprint density at radius 1 is 1.23 bits per heavy atom. The topological polar surface area (TPSA) is 114 Å². The van der Waals surface area contributed by atoms with Gasteiger partial charge in [-0.25, -0.2) is 9.07 Å². The zero-order valence-corrected chi connectivity index (χ0v) is 16.3. The van der Waals surface area contributed by atoms with Crippen molar-refractivity contribution in [1.82, 2.24) is 15.1 Å². The normalized spacial score (nSPS) is 11.7. The molecular formula is C21H20FN3O5. The molecule has 2 aromatic carbocycles. The lowest BCUT2D eigenvalue weighted by molar-refractivity contribution is -0.137. The van der Waals surface area contributed by atoms with Gasteiger partial charge >= 0.3 is 5.97 Å². The van der Waals surface area contributed by atoms with E-state index < -0.39 is 23.7 Å². The molecule has 3 rings (SSSR count). The molecule has 30 heavy (non-hydrogen) atoms. The van der Waals surface area contributed by atoms with Gasteiger partial charge in [0.25, 0.3) is 5.91 Å². The van der Waals surface area contributed by atoms with E-state index in [1.54, 1.807) is 25.1 Å². The molecule has 3 N–H and O–H groups in total. The maximum absolute atomic E-state index is 13.5. The zero-order valence-electron chi connectivity index (χ0n) is 16.3. The standard InChI is InChI=1S/C21H20FN3O5/c1-12-8-15(30-2)6-7-16(12)17(11-20(27)28)23-21(29)18-10-19(26)25(24-18)14-5-3-4-13(22)9-14/h3-10,17,26H,11H2,1-2H3,(H,23,29)(H,27,28). The molecule has 0 aliphatic rings. The average molecular weight is 413 g/mol. The van der Waals surface area contributed by atoms with E-state index in [4.69, 9.17) is 4.74 Å². The molecule has 8 nitrogen and oxygen atoms in total. The van der Waals surface area contributed by atoms with Crippen molar-refractivity contribution in [2.24, 2.45) is 0 Å². The largest absolute Gasteiger partial charge is 0.497 e. The SMILES string of the molecule is COc1ccc(C(CC(=O)O)NC(=O)c2cc(O)n(-c3cccc(F)c3)n2)c(C)c1. The first-order valence-corrected chi connectivity index (χ1v) is 9.00. The summed E-state index contributed by atoms with van der Waals surface area (Å²) in [4.78, 5) is 24.1. The van der Waals surface area contributed by atoms with Gasteiger partial charge in [0.1, 0.15) is 11.6 Å². The fourth-order valence-electron chi connectivity index (χ4n) is 3.09. The zero-order chi connectivity index (χ0) is 21.8. The summed E-state index contributed by atoms with van der Waals surface area (Å²) in [6.45, 7) is 1.78. The highest BCUT2D eigenvalue weighted by Crippen LogP contribution is 2.26. The number of halogens is 1. The quantitative estimate of drug-likeness (QED) is 0.549. The summed E-state index contributed by atoms with van der Waals surface area (Å²) in [5.41, 5.74) is 1.45. The summed E-state index contributed by atoms with van der Waals surface area (Å²) in [6.07, 6.45) is -0.352. The molecule has 1 unspecified atom stereocenters. The predicted molar refractivity (Wildman–Crippen MR) is 105 cm³/mol. The molecule has 0 saturated carbocycles. The number of nitrogens with one attached hydrogen (secondary N) is 1. The van der Waals surface area contributed by atoms with Crippen LogP contribution >= 0.6 is 0 Å². The summed E-state index contributed by atoms with van der Waals surface area (Å²) in [6, 6.07) is 10.8. The van der Waals surface area contributed by atoms with Gasteiger partial charge in [0.15, 0.2) is 5.69 Å². The molecule has 156 valence electrons. The molecule has 0 fully saturated rings. The van der Waals surface area contributed by atoms with Gasteiger partial charge in [-0.1, -0.05) is 12.1 Å². The van der Waals surface area contributed by atoms with Crippen molar-refractivity contribution in [2.75, 3.05) is 7.11 Å². The van der Waals surface area contributed by atoms with E-state index in [1.165, 1.54) is 25.3 Å².